The molecule has 0 heterocycles. The molecule has 1 aromatic carbocycles. The topological polar surface area (TPSA) is 171 Å². The van der Waals surface area contributed by atoms with Crippen LogP contribution in [0.25, 0.3) is 6.08 Å². The number of fused-ring (bicyclic) bond motifs is 5. The van der Waals surface area contributed by atoms with Crippen molar-refractivity contribution < 1.29 is 49.4 Å². The number of rotatable bonds is 7. The van der Waals surface area contributed by atoms with Crippen molar-refractivity contribution in [3.05, 3.63) is 53.1 Å². The van der Waals surface area contributed by atoms with E-state index in [1.165, 1.54) is 37.3 Å². The number of Topliss-reactive ketones (excluding diaryl/α,β-unsaturated/α-hetero) is 1. The second-order valence-electron chi connectivity index (χ2n) is 14.9. The first-order valence-electron chi connectivity index (χ1n) is 16.5. The summed E-state index contributed by atoms with van der Waals surface area (Å²) in [6.07, 6.45) is 5.98. The van der Waals surface area contributed by atoms with Crippen molar-refractivity contribution in [1.82, 2.24) is 0 Å². The molecule has 10 heteroatoms. The quantitative estimate of drug-likeness (QED) is 0.121. The van der Waals surface area contributed by atoms with E-state index >= 15 is 0 Å². The van der Waals surface area contributed by atoms with Gasteiger partial charge in [-0.15, -0.1) is 0 Å². The van der Waals surface area contributed by atoms with Gasteiger partial charge in [0.05, 0.1) is 5.41 Å². The van der Waals surface area contributed by atoms with Gasteiger partial charge in [0.2, 0.25) is 0 Å². The Hall–Kier alpha value is -3.47. The van der Waals surface area contributed by atoms with E-state index in [9.17, 15) is 39.9 Å². The number of benzene rings is 1. The molecule has 0 amide bonds. The molecule has 5 rings (SSSR count). The van der Waals surface area contributed by atoms with Crippen molar-refractivity contribution in [3.63, 3.8) is 0 Å². The third-order valence-electron chi connectivity index (χ3n) is 12.3. The molecule has 0 aliphatic heterocycles. The van der Waals surface area contributed by atoms with Crippen LogP contribution in [0.15, 0.2) is 47.6 Å². The molecule has 10 nitrogen and oxygen atoms in total. The summed E-state index contributed by atoms with van der Waals surface area (Å²) in [7, 11) is 0. The van der Waals surface area contributed by atoms with E-state index < -0.39 is 63.5 Å². The Bertz CT molecular complexity index is 1560. The van der Waals surface area contributed by atoms with Crippen LogP contribution in [0, 0.1) is 22.7 Å². The Morgan fingerprint density at radius 2 is 1.66 bits per heavy atom. The number of allylic oxidation sites excluding steroid dienone is 1. The van der Waals surface area contributed by atoms with Gasteiger partial charge in [-0.3, -0.25) is 4.79 Å². The summed E-state index contributed by atoms with van der Waals surface area (Å²) < 4.78 is 11.9. The maximum Gasteiger partial charge on any atom is 0.331 e. The third-order valence-corrected chi connectivity index (χ3v) is 12.3. The van der Waals surface area contributed by atoms with Gasteiger partial charge in [0.1, 0.15) is 29.0 Å². The first-order chi connectivity index (χ1) is 21.8. The minimum atomic E-state index is -2.02. The van der Waals surface area contributed by atoms with Crippen LogP contribution in [0.4, 0.5) is 0 Å². The lowest BCUT2D eigenvalue weighted by Gasteiger charge is -2.67. The fourth-order valence-corrected chi connectivity index (χ4v) is 9.00. The molecule has 5 N–H and O–H groups in total. The number of carbonyl (C=O) groups is 3. The summed E-state index contributed by atoms with van der Waals surface area (Å²) in [6.45, 7) is 10.6. The molecule has 256 valence electrons. The molecule has 0 bridgehead atoms. The number of ether oxygens (including phenoxy) is 2. The highest BCUT2D eigenvalue weighted by atomic mass is 16.6. The van der Waals surface area contributed by atoms with Crippen LogP contribution in [0.5, 0.6) is 11.5 Å². The largest absolute Gasteiger partial charge is 0.504 e. The van der Waals surface area contributed by atoms with Crippen molar-refractivity contribution in [3.8, 4) is 11.5 Å². The molecule has 0 saturated heterocycles. The molecule has 1 aromatic rings. The standard InChI is InChI=1S/C37H48O10/c1-21(2)22(3)17-32(42)47-30-20-29-33(5)13-12-26(46-31(41)10-8-24-7-9-27(39)28(40)18-24)19-25(33)11-14-36(29,44)37(45)16-15-35(43,23(4)38)34(30,37)6/h7-11,17-18,21,26,29-30,39-40,43-45H,12-16,19-20H2,1-6H3/b10-8+,22-17+/t26-,29+,30+,33-,34+,35+,36-,37+/m0/s1. The van der Waals surface area contributed by atoms with Crippen LogP contribution in [0.2, 0.25) is 0 Å². The Morgan fingerprint density at radius 3 is 2.30 bits per heavy atom. The number of carbonyl (C=O) groups excluding carboxylic acids is 3. The van der Waals surface area contributed by atoms with Gasteiger partial charge >= 0.3 is 11.9 Å². The van der Waals surface area contributed by atoms with E-state index in [1.54, 1.807) is 13.0 Å². The Balaban J connectivity index is 1.43. The Labute approximate surface area is 275 Å². The van der Waals surface area contributed by atoms with Crippen molar-refractivity contribution in [2.24, 2.45) is 22.7 Å². The van der Waals surface area contributed by atoms with E-state index in [-0.39, 0.29) is 43.1 Å². The number of hydrogen-bond donors (Lipinski definition) is 5. The predicted octanol–water partition coefficient (Wildman–Crippen LogP) is 4.66. The van der Waals surface area contributed by atoms with E-state index in [1.807, 2.05) is 33.8 Å². The normalized spacial score (nSPS) is 38.3. The third kappa shape index (κ3) is 5.33. The summed E-state index contributed by atoms with van der Waals surface area (Å²) in [5.41, 5.74) is -5.75. The smallest absolute Gasteiger partial charge is 0.331 e. The van der Waals surface area contributed by atoms with E-state index in [2.05, 4.69) is 0 Å². The second kappa shape index (κ2) is 11.9. The van der Waals surface area contributed by atoms with E-state index in [0.717, 1.165) is 11.1 Å². The Morgan fingerprint density at radius 1 is 0.957 bits per heavy atom. The average Bonchev–Trinajstić information content (AvgIpc) is 3.23. The number of esters is 2. The lowest BCUT2D eigenvalue weighted by molar-refractivity contribution is -0.314. The Kier molecular flexibility index (Phi) is 8.82. The van der Waals surface area contributed by atoms with Crippen LogP contribution in [-0.2, 0) is 23.9 Å². The first kappa shape index (κ1) is 34.9. The first-order valence-corrected chi connectivity index (χ1v) is 16.5. The molecule has 3 saturated carbocycles. The summed E-state index contributed by atoms with van der Waals surface area (Å²) in [5, 5.41) is 56.3. The van der Waals surface area contributed by atoms with Gasteiger partial charge in [0, 0.05) is 24.5 Å². The van der Waals surface area contributed by atoms with Gasteiger partial charge in [0.25, 0.3) is 0 Å². The fraction of sp³-hybridized carbons (Fsp3) is 0.595. The molecule has 0 radical (unpaired) electrons. The molecular formula is C37H48O10. The lowest BCUT2D eigenvalue weighted by Crippen LogP contribution is -2.78. The summed E-state index contributed by atoms with van der Waals surface area (Å²) >= 11 is 0. The zero-order valence-corrected chi connectivity index (χ0v) is 28.1. The molecule has 3 fully saturated rings. The molecule has 0 unspecified atom stereocenters. The van der Waals surface area contributed by atoms with Gasteiger partial charge < -0.3 is 35.0 Å². The average molecular weight is 653 g/mol. The molecule has 47 heavy (non-hydrogen) atoms. The molecule has 0 spiro atoms. The maximum atomic E-state index is 13.3. The van der Waals surface area contributed by atoms with Gasteiger partial charge in [-0.05, 0) is 94.4 Å². The van der Waals surface area contributed by atoms with Crippen molar-refractivity contribution >= 4 is 23.8 Å². The molecule has 8 atom stereocenters. The SMILES string of the molecule is CC(=O)[C@]1(O)CC[C@@]2(O)[C@]1(C)[C@H](OC(=O)/C=C(\C)C(C)C)C[C@@H]1[C@@]3(C)CC[C@H](OC(=O)/C=C/c4ccc(O)c(O)c4)CC3=CC[C@]12O. The number of phenols is 2. The minimum absolute atomic E-state index is 0.0495. The van der Waals surface area contributed by atoms with Crippen LogP contribution < -0.4 is 0 Å². The van der Waals surface area contributed by atoms with E-state index in [4.69, 9.17) is 9.47 Å². The van der Waals surface area contributed by atoms with Crippen molar-refractivity contribution in [2.45, 2.75) is 115 Å². The second-order valence-corrected chi connectivity index (χ2v) is 14.9. The number of ketones is 1. The highest BCUT2D eigenvalue weighted by molar-refractivity contribution is 5.88. The van der Waals surface area contributed by atoms with Crippen molar-refractivity contribution in [2.75, 3.05) is 0 Å². The lowest BCUT2D eigenvalue weighted by atomic mass is 9.42. The van der Waals surface area contributed by atoms with Crippen LogP contribution in [-0.4, -0.2) is 72.3 Å². The minimum Gasteiger partial charge on any atom is -0.504 e. The van der Waals surface area contributed by atoms with Gasteiger partial charge in [-0.25, -0.2) is 9.59 Å². The zero-order chi connectivity index (χ0) is 34.7. The van der Waals surface area contributed by atoms with Crippen LogP contribution in [0.3, 0.4) is 0 Å². The predicted molar refractivity (Wildman–Crippen MR) is 173 cm³/mol. The van der Waals surface area contributed by atoms with Gasteiger partial charge in [-0.2, -0.15) is 0 Å². The van der Waals surface area contributed by atoms with Gasteiger partial charge in [0.15, 0.2) is 17.3 Å². The zero-order valence-electron chi connectivity index (χ0n) is 28.1. The summed E-state index contributed by atoms with van der Waals surface area (Å²) in [5.74, 6) is -2.80. The maximum absolute atomic E-state index is 13.3. The number of hydrogen-bond acceptors (Lipinski definition) is 10. The number of aliphatic hydroxyl groups is 3. The monoisotopic (exact) mass is 652 g/mol. The molecule has 4 aliphatic rings. The van der Waals surface area contributed by atoms with Gasteiger partial charge in [-0.1, -0.05) is 44.1 Å². The highest BCUT2D eigenvalue weighted by Crippen LogP contribution is 2.71. The molecular weight excluding hydrogens is 604 g/mol. The van der Waals surface area contributed by atoms with E-state index in [0.29, 0.717) is 24.8 Å². The van der Waals surface area contributed by atoms with Crippen LogP contribution in [0.1, 0.15) is 92.1 Å². The van der Waals surface area contributed by atoms with Crippen LogP contribution >= 0.6 is 0 Å². The molecule has 0 aromatic heterocycles. The molecule has 4 aliphatic carbocycles. The fourth-order valence-electron chi connectivity index (χ4n) is 9.00. The van der Waals surface area contributed by atoms with Crippen molar-refractivity contribution in [1.29, 1.82) is 0 Å². The highest BCUT2D eigenvalue weighted by Gasteiger charge is 2.81. The summed E-state index contributed by atoms with van der Waals surface area (Å²) in [6, 6.07) is 4.20. The number of phenolic OH excluding ortho intramolecular Hbond substituents is 2. The number of aromatic hydroxyl groups is 2. The summed E-state index contributed by atoms with van der Waals surface area (Å²) in [4.78, 5) is 39.0.